The molecule has 3 aromatic rings. The van der Waals surface area contributed by atoms with Crippen LogP contribution in [0.15, 0.2) is 53.6 Å². The molecular weight excluding hydrogens is 426 g/mol. The van der Waals surface area contributed by atoms with E-state index >= 15 is 0 Å². The first-order valence-corrected chi connectivity index (χ1v) is 10.9. The normalized spacial score (nSPS) is 11.0. The standard InChI is InChI=1S/C23H27N5O3S/c1-4-27(5-2)21(29)16-31-19-13-12-17(14-20(19)30-6-3)15-24-28-22(25-26-23(28)32)18-10-8-7-9-11-18/h7-15H,4-6,16H2,1-3H3,(H,26,32)/b24-15-. The van der Waals surface area contributed by atoms with Crippen LogP contribution in [0.2, 0.25) is 0 Å². The molecule has 1 amide bonds. The Bertz CT molecular complexity index is 1120. The molecule has 0 spiro atoms. The van der Waals surface area contributed by atoms with E-state index in [9.17, 15) is 4.79 Å². The minimum atomic E-state index is -0.0640. The molecule has 0 saturated carbocycles. The van der Waals surface area contributed by atoms with Gasteiger partial charge in [0.15, 0.2) is 23.9 Å². The fourth-order valence-corrected chi connectivity index (χ4v) is 3.28. The summed E-state index contributed by atoms with van der Waals surface area (Å²) in [5, 5.41) is 11.6. The number of aromatic nitrogens is 3. The lowest BCUT2D eigenvalue weighted by Crippen LogP contribution is -2.34. The molecule has 0 aliphatic rings. The molecule has 32 heavy (non-hydrogen) atoms. The number of carbonyl (C=O) groups excluding carboxylic acids is 1. The van der Waals surface area contributed by atoms with Crippen molar-refractivity contribution in [3.8, 4) is 22.9 Å². The van der Waals surface area contributed by atoms with Gasteiger partial charge in [-0.05, 0) is 56.8 Å². The summed E-state index contributed by atoms with van der Waals surface area (Å²) in [6, 6.07) is 15.1. The Balaban J connectivity index is 1.81. The van der Waals surface area contributed by atoms with Gasteiger partial charge >= 0.3 is 0 Å². The van der Waals surface area contributed by atoms with E-state index in [-0.39, 0.29) is 12.5 Å². The second kappa shape index (κ2) is 11.2. The number of nitrogens with one attached hydrogen (secondary N) is 1. The van der Waals surface area contributed by atoms with Gasteiger partial charge in [-0.2, -0.15) is 14.9 Å². The lowest BCUT2D eigenvalue weighted by Gasteiger charge is -2.19. The Morgan fingerprint density at radius 3 is 2.56 bits per heavy atom. The van der Waals surface area contributed by atoms with Crippen LogP contribution in [0, 0.1) is 4.77 Å². The van der Waals surface area contributed by atoms with E-state index in [1.807, 2.05) is 63.2 Å². The van der Waals surface area contributed by atoms with Crippen molar-refractivity contribution in [3.63, 3.8) is 0 Å². The van der Waals surface area contributed by atoms with E-state index in [4.69, 9.17) is 21.7 Å². The third-order valence-corrected chi connectivity index (χ3v) is 5.00. The first-order valence-electron chi connectivity index (χ1n) is 10.5. The van der Waals surface area contributed by atoms with Crippen molar-refractivity contribution in [1.82, 2.24) is 19.8 Å². The average Bonchev–Trinajstić information content (AvgIpc) is 3.19. The van der Waals surface area contributed by atoms with Crippen LogP contribution in [0.5, 0.6) is 11.5 Å². The SMILES string of the molecule is CCOc1cc(/C=N\n2c(-c3ccccc3)n[nH]c2=S)ccc1OCC(=O)N(CC)CC. The topological polar surface area (TPSA) is 84.7 Å². The summed E-state index contributed by atoms with van der Waals surface area (Å²) < 4.78 is 13.4. The predicted octanol–water partition coefficient (Wildman–Crippen LogP) is 4.14. The van der Waals surface area contributed by atoms with Crippen molar-refractivity contribution in [2.45, 2.75) is 20.8 Å². The molecule has 0 aliphatic carbocycles. The highest BCUT2D eigenvalue weighted by molar-refractivity contribution is 7.71. The van der Waals surface area contributed by atoms with Gasteiger partial charge in [-0.3, -0.25) is 4.79 Å². The summed E-state index contributed by atoms with van der Waals surface area (Å²) in [7, 11) is 0. The van der Waals surface area contributed by atoms with E-state index in [0.717, 1.165) is 11.1 Å². The van der Waals surface area contributed by atoms with Gasteiger partial charge in [-0.1, -0.05) is 30.3 Å². The Kier molecular flexibility index (Phi) is 8.15. The largest absolute Gasteiger partial charge is 0.490 e. The molecule has 0 radical (unpaired) electrons. The number of amides is 1. The molecule has 2 aromatic carbocycles. The number of aromatic amines is 1. The van der Waals surface area contributed by atoms with E-state index in [1.165, 1.54) is 0 Å². The van der Waals surface area contributed by atoms with Gasteiger partial charge in [0, 0.05) is 18.7 Å². The number of ether oxygens (including phenoxy) is 2. The molecule has 0 bridgehead atoms. The van der Waals surface area contributed by atoms with Gasteiger partial charge in [-0.25, -0.2) is 5.10 Å². The zero-order valence-corrected chi connectivity index (χ0v) is 19.3. The Morgan fingerprint density at radius 2 is 1.88 bits per heavy atom. The zero-order chi connectivity index (χ0) is 22.9. The van der Waals surface area contributed by atoms with Crippen molar-refractivity contribution < 1.29 is 14.3 Å². The van der Waals surface area contributed by atoms with E-state index in [0.29, 0.717) is 41.8 Å². The maximum Gasteiger partial charge on any atom is 0.260 e. The highest BCUT2D eigenvalue weighted by atomic mass is 32.1. The quantitative estimate of drug-likeness (QED) is 0.368. The van der Waals surface area contributed by atoms with Crippen molar-refractivity contribution in [1.29, 1.82) is 0 Å². The van der Waals surface area contributed by atoms with Crippen molar-refractivity contribution in [2.24, 2.45) is 5.10 Å². The molecule has 168 valence electrons. The summed E-state index contributed by atoms with van der Waals surface area (Å²) in [6.07, 6.45) is 1.67. The average molecular weight is 454 g/mol. The number of benzene rings is 2. The summed E-state index contributed by atoms with van der Waals surface area (Å²) >= 11 is 5.33. The van der Waals surface area contributed by atoms with Crippen LogP contribution in [-0.2, 0) is 4.79 Å². The Morgan fingerprint density at radius 1 is 1.12 bits per heavy atom. The lowest BCUT2D eigenvalue weighted by molar-refractivity contribution is -0.132. The number of H-pyrrole nitrogens is 1. The van der Waals surface area contributed by atoms with Gasteiger partial charge in [0.1, 0.15) is 0 Å². The predicted molar refractivity (Wildman–Crippen MR) is 127 cm³/mol. The summed E-state index contributed by atoms with van der Waals surface area (Å²) in [5.74, 6) is 1.61. The third-order valence-electron chi connectivity index (χ3n) is 4.74. The van der Waals surface area contributed by atoms with Crippen LogP contribution in [0.3, 0.4) is 0 Å². The Hall–Kier alpha value is -3.46. The number of carbonyl (C=O) groups is 1. The van der Waals surface area contributed by atoms with Gasteiger partial charge in [0.25, 0.3) is 5.91 Å². The molecule has 0 fully saturated rings. The van der Waals surface area contributed by atoms with Crippen LogP contribution in [-0.4, -0.2) is 58.2 Å². The van der Waals surface area contributed by atoms with Crippen LogP contribution in [0.4, 0.5) is 0 Å². The molecule has 0 unspecified atom stereocenters. The molecule has 1 N–H and O–H groups in total. The lowest BCUT2D eigenvalue weighted by atomic mass is 10.2. The van der Waals surface area contributed by atoms with Gasteiger partial charge in [-0.15, -0.1) is 0 Å². The third kappa shape index (κ3) is 5.61. The fourth-order valence-electron chi connectivity index (χ4n) is 3.10. The number of rotatable bonds is 10. The van der Waals surface area contributed by atoms with Crippen LogP contribution < -0.4 is 9.47 Å². The van der Waals surface area contributed by atoms with Crippen molar-refractivity contribution >= 4 is 24.3 Å². The van der Waals surface area contributed by atoms with E-state index < -0.39 is 0 Å². The van der Waals surface area contributed by atoms with Gasteiger partial charge in [0.05, 0.1) is 12.8 Å². The molecule has 0 aliphatic heterocycles. The zero-order valence-electron chi connectivity index (χ0n) is 18.4. The minimum absolute atomic E-state index is 0.0419. The van der Waals surface area contributed by atoms with Crippen LogP contribution >= 0.6 is 12.2 Å². The molecule has 9 heteroatoms. The fraction of sp³-hybridized carbons (Fsp3) is 0.304. The number of hydrogen-bond acceptors (Lipinski definition) is 6. The second-order valence-corrected chi connectivity index (χ2v) is 7.16. The molecule has 8 nitrogen and oxygen atoms in total. The highest BCUT2D eigenvalue weighted by Crippen LogP contribution is 2.28. The molecule has 1 heterocycles. The minimum Gasteiger partial charge on any atom is -0.490 e. The monoisotopic (exact) mass is 453 g/mol. The maximum absolute atomic E-state index is 12.2. The Labute approximate surface area is 192 Å². The molecule has 0 saturated heterocycles. The number of hydrogen-bond donors (Lipinski definition) is 1. The van der Waals surface area contributed by atoms with Crippen LogP contribution in [0.25, 0.3) is 11.4 Å². The number of likely N-dealkylation sites (N-methyl/N-ethyl adjacent to an activating group) is 1. The maximum atomic E-state index is 12.2. The molecule has 0 atom stereocenters. The summed E-state index contributed by atoms with van der Waals surface area (Å²) in [4.78, 5) is 14.0. The first kappa shape index (κ1) is 23.2. The first-order chi connectivity index (χ1) is 15.6. The van der Waals surface area contributed by atoms with Crippen molar-refractivity contribution in [2.75, 3.05) is 26.3 Å². The summed E-state index contributed by atoms with van der Waals surface area (Å²) in [5.41, 5.74) is 1.69. The van der Waals surface area contributed by atoms with Crippen LogP contribution in [0.1, 0.15) is 26.3 Å². The van der Waals surface area contributed by atoms with Gasteiger partial charge in [0.2, 0.25) is 4.77 Å². The molecule has 1 aromatic heterocycles. The second-order valence-electron chi connectivity index (χ2n) is 6.77. The number of nitrogens with zero attached hydrogens (tertiary/aromatic N) is 4. The molecule has 3 rings (SSSR count). The molecular formula is C23H27N5O3S. The summed E-state index contributed by atoms with van der Waals surface area (Å²) in [6.45, 7) is 7.49. The smallest absolute Gasteiger partial charge is 0.260 e. The van der Waals surface area contributed by atoms with E-state index in [1.54, 1.807) is 21.9 Å². The highest BCUT2D eigenvalue weighted by Gasteiger charge is 2.13. The van der Waals surface area contributed by atoms with Crippen molar-refractivity contribution in [3.05, 3.63) is 58.9 Å². The van der Waals surface area contributed by atoms with E-state index in [2.05, 4.69) is 15.3 Å². The van der Waals surface area contributed by atoms with Gasteiger partial charge < -0.3 is 14.4 Å².